The smallest absolute Gasteiger partial charge is 0.296 e. The Balaban J connectivity index is 1.38. The Labute approximate surface area is 385 Å². The number of aliphatic imine (C=N–C) groups is 1. The molecule has 67 heavy (non-hydrogen) atoms. The first-order valence-electron chi connectivity index (χ1n) is 19.2. The number of rotatable bonds is 20. The number of methoxy groups -OCH3 is 1. The van der Waals surface area contributed by atoms with E-state index in [1.807, 2.05) is 6.92 Å². The summed E-state index contributed by atoms with van der Waals surface area (Å²) in [6.45, 7) is 5.74. The van der Waals surface area contributed by atoms with Crippen LogP contribution in [0.4, 0.5) is 63.3 Å². The molecule has 7 N–H and O–H groups in total. The molecule has 0 saturated heterocycles. The summed E-state index contributed by atoms with van der Waals surface area (Å²) in [7, 11) is -6.61. The molecule has 0 radical (unpaired) electrons. The van der Waals surface area contributed by atoms with Gasteiger partial charge in [-0.1, -0.05) is 5.04 Å². The number of nitrogens with zero attached hydrogens (tertiary/aromatic N) is 10. The van der Waals surface area contributed by atoms with E-state index in [0.29, 0.717) is 35.5 Å². The summed E-state index contributed by atoms with van der Waals surface area (Å²) in [6, 6.07) is 16.8. The summed E-state index contributed by atoms with van der Waals surface area (Å²) in [5, 5.41) is 58.4. The summed E-state index contributed by atoms with van der Waals surface area (Å²) in [5.41, 5.74) is 1.29. The minimum absolute atomic E-state index is 0.0283. The third-order valence-corrected chi connectivity index (χ3v) is 11.1. The first-order chi connectivity index (χ1) is 32.0. The molecule has 0 aliphatic heterocycles. The van der Waals surface area contributed by atoms with E-state index in [-0.39, 0.29) is 80.0 Å². The van der Waals surface area contributed by atoms with E-state index >= 15 is 0 Å². The number of aryl methyl sites for hydroxylation is 1. The largest absolute Gasteiger partial charge is 0.505 e. The molecule has 5 aromatic carbocycles. The lowest BCUT2D eigenvalue weighted by atomic mass is 10.1. The normalized spacial score (nSPS) is 12.2. The van der Waals surface area contributed by atoms with Gasteiger partial charge in [-0.25, -0.2) is 10.2 Å². The van der Waals surface area contributed by atoms with Gasteiger partial charge in [0.2, 0.25) is 17.8 Å². The van der Waals surface area contributed by atoms with Crippen molar-refractivity contribution in [1.29, 1.82) is 0 Å². The van der Waals surface area contributed by atoms with Crippen molar-refractivity contribution in [2.24, 2.45) is 35.7 Å². The van der Waals surface area contributed by atoms with E-state index in [0.717, 1.165) is 18.2 Å². The fourth-order valence-corrected chi connectivity index (χ4v) is 7.52. The molecule has 0 saturated carbocycles. The van der Waals surface area contributed by atoms with Crippen molar-refractivity contribution >= 4 is 113 Å². The Kier molecular flexibility index (Phi) is 16.0. The quantitative estimate of drug-likeness (QED) is 0.00711. The molecule has 1 aromatic heterocycles. The molecule has 0 unspecified atom stereocenters. The Hall–Kier alpha value is -7.31. The van der Waals surface area contributed by atoms with Gasteiger partial charge in [0, 0.05) is 25.0 Å². The topological polar surface area (TPSA) is 347 Å². The zero-order valence-corrected chi connectivity index (χ0v) is 38.1. The Morgan fingerprint density at radius 2 is 1.43 bits per heavy atom. The van der Waals surface area contributed by atoms with Gasteiger partial charge in [-0.15, -0.1) is 19.7 Å². The molecule has 6 rings (SSSR count). The van der Waals surface area contributed by atoms with Gasteiger partial charge < -0.3 is 30.5 Å². The number of phenolic OH excluding ortho intramolecular Hbond substituents is 1. The lowest BCUT2D eigenvalue weighted by Gasteiger charge is -2.15. The molecule has 28 heteroatoms. The van der Waals surface area contributed by atoms with Crippen molar-refractivity contribution in [2.45, 2.75) is 35.5 Å². The number of hydrogen-bond acceptors (Lipinski definition) is 24. The number of nitrogens with one attached hydrogen (secondary N) is 3. The van der Waals surface area contributed by atoms with Crippen LogP contribution in [-0.4, -0.2) is 85.0 Å². The van der Waals surface area contributed by atoms with Crippen molar-refractivity contribution in [1.82, 2.24) is 15.0 Å². The number of phenols is 1. The predicted octanol–water partition coefficient (Wildman–Crippen LogP) is 10.1. The van der Waals surface area contributed by atoms with Crippen LogP contribution in [0, 0.1) is 6.92 Å². The number of azo groups is 3. The van der Waals surface area contributed by atoms with Gasteiger partial charge in [0.1, 0.15) is 27.7 Å². The van der Waals surface area contributed by atoms with Crippen molar-refractivity contribution in [3.05, 3.63) is 78.4 Å². The highest BCUT2D eigenvalue weighted by Gasteiger charge is 2.23. The van der Waals surface area contributed by atoms with Crippen molar-refractivity contribution in [3.63, 3.8) is 0 Å². The SMILES string of the molecule is CCNc1nc(NC)nc(Nc2cc(S(=O)(=O)O)cc3cc(SOOO)c(N=Nc4cc(C)c(N=Nc5ccc(N=Nc6ccc(N=COC)cc6)cc5S(=O)(=O)O)cc4OCC)c(O)c23)n1. The molecule has 25 nitrogen and oxygen atoms in total. The maximum Gasteiger partial charge on any atom is 0.296 e. The Morgan fingerprint density at radius 3 is 2.10 bits per heavy atom. The summed E-state index contributed by atoms with van der Waals surface area (Å²) < 4.78 is 85.2. The van der Waals surface area contributed by atoms with Gasteiger partial charge in [-0.05, 0) is 98.5 Å². The molecule has 6 aromatic rings. The number of ether oxygens (including phenoxy) is 2. The molecule has 0 fully saturated rings. The third kappa shape index (κ3) is 12.5. The van der Waals surface area contributed by atoms with E-state index in [2.05, 4.69) is 76.0 Å². The van der Waals surface area contributed by atoms with E-state index in [1.165, 1.54) is 43.8 Å². The lowest BCUT2D eigenvalue weighted by molar-refractivity contribution is -0.432. The Bertz CT molecular complexity index is 3140. The third-order valence-electron chi connectivity index (χ3n) is 8.78. The molecular weight excluding hydrogens is 939 g/mol. The number of fused-ring (bicyclic) bond motifs is 1. The molecule has 350 valence electrons. The van der Waals surface area contributed by atoms with Gasteiger partial charge in [0.25, 0.3) is 20.2 Å². The number of hydrogen-bond donors (Lipinski definition) is 7. The average molecular weight is 978 g/mol. The van der Waals surface area contributed by atoms with Crippen LogP contribution in [0.25, 0.3) is 10.8 Å². The minimum atomic E-state index is -4.83. The van der Waals surface area contributed by atoms with E-state index in [4.69, 9.17) is 14.7 Å². The Morgan fingerprint density at radius 1 is 0.761 bits per heavy atom. The van der Waals surface area contributed by atoms with Crippen LogP contribution in [0.5, 0.6) is 11.5 Å². The summed E-state index contributed by atoms with van der Waals surface area (Å²) in [5.74, 6) is -0.255. The van der Waals surface area contributed by atoms with E-state index in [9.17, 15) is 31.0 Å². The molecule has 0 spiro atoms. The maximum absolute atomic E-state index is 12.5. The first kappa shape index (κ1) is 49.1. The van der Waals surface area contributed by atoms with Crippen molar-refractivity contribution in [2.75, 3.05) is 43.3 Å². The highest BCUT2D eigenvalue weighted by Crippen LogP contribution is 2.48. The zero-order chi connectivity index (χ0) is 48.3. The number of aromatic nitrogens is 3. The highest BCUT2D eigenvalue weighted by molar-refractivity contribution is 7.94. The molecule has 0 atom stereocenters. The molecule has 1 heterocycles. The average Bonchev–Trinajstić information content (AvgIpc) is 3.29. The van der Waals surface area contributed by atoms with Crippen LogP contribution >= 0.6 is 12.0 Å². The van der Waals surface area contributed by atoms with Crippen LogP contribution in [-0.2, 0) is 34.3 Å². The minimum Gasteiger partial charge on any atom is -0.505 e. The molecule has 0 aliphatic rings. The van der Waals surface area contributed by atoms with Crippen LogP contribution < -0.4 is 20.7 Å². The standard InChI is InChI=1S/C39H39N13O12S3/c1-6-41-38-44-37(40-4)45-39(46-38)43-30-18-26(66(55,56)57)15-22-16-32(65-64-63-54)35(36(53)34(22)30)52-51-29-14-21(3)28(19-31(29)62-7-2)50-49-27-13-12-25(17-33(27)67(58,59)60)48-47-24-10-8-23(9-11-24)42-20-61-5/h8-20,53-54H,6-7H2,1-5H3,(H,55,56,57)(H,58,59,60)(H3,40,41,43,44,45,46). The van der Waals surface area contributed by atoms with Crippen molar-refractivity contribution < 1.29 is 55.2 Å². The number of benzene rings is 5. The van der Waals surface area contributed by atoms with Crippen molar-refractivity contribution in [3.8, 4) is 11.5 Å². The second-order valence-electron chi connectivity index (χ2n) is 13.3. The van der Waals surface area contributed by atoms with Gasteiger partial charge >= 0.3 is 0 Å². The van der Waals surface area contributed by atoms with Gasteiger partial charge in [-0.2, -0.15) is 47.1 Å². The maximum atomic E-state index is 12.5. The summed E-state index contributed by atoms with van der Waals surface area (Å²) in [6.07, 6.45) is 1.27. The molecule has 0 aliphatic carbocycles. The second kappa shape index (κ2) is 21.8. The summed E-state index contributed by atoms with van der Waals surface area (Å²) in [4.78, 5) is 15.6. The van der Waals surface area contributed by atoms with Crippen LogP contribution in [0.3, 0.4) is 0 Å². The highest BCUT2D eigenvalue weighted by atomic mass is 32.2. The van der Waals surface area contributed by atoms with Gasteiger partial charge in [0.15, 0.2) is 12.2 Å². The predicted molar refractivity (Wildman–Crippen MR) is 246 cm³/mol. The molecule has 0 amide bonds. The molecule has 0 bridgehead atoms. The number of anilines is 4. The van der Waals surface area contributed by atoms with Crippen LogP contribution in [0.1, 0.15) is 19.4 Å². The monoisotopic (exact) mass is 977 g/mol. The van der Waals surface area contributed by atoms with Crippen LogP contribution in [0.2, 0.25) is 0 Å². The fraction of sp³-hybridized carbons (Fsp3) is 0.179. The molecular formula is C39H39N13O12S3. The lowest BCUT2D eigenvalue weighted by Crippen LogP contribution is -2.09. The van der Waals surface area contributed by atoms with Crippen LogP contribution in [0.15, 0.2) is 123 Å². The van der Waals surface area contributed by atoms with Gasteiger partial charge in [0.05, 0.1) is 64.0 Å². The fourth-order valence-electron chi connectivity index (χ4n) is 5.84. The van der Waals surface area contributed by atoms with E-state index < -0.39 is 35.8 Å². The van der Waals surface area contributed by atoms with E-state index in [1.54, 1.807) is 45.2 Å². The second-order valence-corrected chi connectivity index (χ2v) is 16.9. The summed E-state index contributed by atoms with van der Waals surface area (Å²) >= 11 is 0.373. The first-order valence-corrected chi connectivity index (χ1v) is 22.9. The number of aromatic hydroxyl groups is 1. The zero-order valence-electron chi connectivity index (χ0n) is 35.7. The van der Waals surface area contributed by atoms with Gasteiger partial charge in [-0.3, -0.25) is 9.11 Å².